The summed E-state index contributed by atoms with van der Waals surface area (Å²) in [6.07, 6.45) is 1.26. The highest BCUT2D eigenvalue weighted by Crippen LogP contribution is 2.26. The molecule has 1 amide bonds. The smallest absolute Gasteiger partial charge is 0.221 e. The summed E-state index contributed by atoms with van der Waals surface area (Å²) in [4.78, 5) is 16.7. The van der Waals surface area contributed by atoms with Gasteiger partial charge in [0.25, 0.3) is 0 Å². The summed E-state index contributed by atoms with van der Waals surface area (Å²) in [5.41, 5.74) is 2.96. The third-order valence-corrected chi connectivity index (χ3v) is 4.98. The van der Waals surface area contributed by atoms with Crippen LogP contribution in [-0.4, -0.2) is 33.7 Å². The van der Waals surface area contributed by atoms with Crippen LogP contribution in [0.4, 0.5) is 0 Å². The normalized spacial score (nSPS) is 16.0. The van der Waals surface area contributed by atoms with E-state index in [2.05, 4.69) is 16.4 Å². The maximum Gasteiger partial charge on any atom is 0.221 e. The Labute approximate surface area is 157 Å². The Balaban J connectivity index is 1.32. The summed E-state index contributed by atoms with van der Waals surface area (Å²) in [6, 6.07) is 15.8. The Morgan fingerprint density at radius 3 is 2.93 bits per heavy atom. The minimum Gasteiger partial charge on any atom is -0.493 e. The Bertz CT molecular complexity index is 951. The molecule has 6 heteroatoms. The van der Waals surface area contributed by atoms with Gasteiger partial charge in [-0.25, -0.2) is 4.98 Å². The van der Waals surface area contributed by atoms with Crippen LogP contribution < -0.4 is 10.1 Å². The van der Waals surface area contributed by atoms with Gasteiger partial charge in [-0.3, -0.25) is 4.79 Å². The number of para-hydroxylation sites is 3. The van der Waals surface area contributed by atoms with Crippen molar-refractivity contribution < 1.29 is 14.6 Å². The zero-order valence-electron chi connectivity index (χ0n) is 15.1. The zero-order chi connectivity index (χ0) is 18.6. The highest BCUT2D eigenvalue weighted by molar-refractivity contribution is 5.78. The third kappa shape index (κ3) is 3.80. The summed E-state index contributed by atoms with van der Waals surface area (Å²) in [7, 11) is 0. The van der Waals surface area contributed by atoms with E-state index in [0.29, 0.717) is 31.9 Å². The molecule has 2 heterocycles. The van der Waals surface area contributed by atoms with Gasteiger partial charge in [-0.05, 0) is 30.2 Å². The van der Waals surface area contributed by atoms with Gasteiger partial charge >= 0.3 is 0 Å². The van der Waals surface area contributed by atoms with Gasteiger partial charge in [0.05, 0.1) is 17.6 Å². The Hall–Kier alpha value is -2.86. The van der Waals surface area contributed by atoms with Crippen LogP contribution in [0.3, 0.4) is 0 Å². The van der Waals surface area contributed by atoms with Crippen LogP contribution in [0.15, 0.2) is 48.5 Å². The molecule has 140 valence electrons. The first-order chi connectivity index (χ1) is 13.2. The lowest BCUT2D eigenvalue weighted by Gasteiger charge is -2.25. The van der Waals surface area contributed by atoms with E-state index in [1.165, 1.54) is 5.56 Å². The third-order valence-electron chi connectivity index (χ3n) is 4.98. The number of rotatable bonds is 6. The summed E-state index contributed by atoms with van der Waals surface area (Å²) in [6.45, 7) is 1.57. The number of nitrogens with zero attached hydrogens (tertiary/aromatic N) is 2. The second-order valence-corrected chi connectivity index (χ2v) is 6.87. The number of aliphatic hydroxyl groups is 1. The van der Waals surface area contributed by atoms with E-state index in [-0.39, 0.29) is 18.4 Å². The summed E-state index contributed by atoms with van der Waals surface area (Å²) in [5, 5.41) is 12.6. The number of carbonyl (C=O) groups is 1. The molecule has 27 heavy (non-hydrogen) atoms. The summed E-state index contributed by atoms with van der Waals surface area (Å²) < 4.78 is 7.69. The Morgan fingerprint density at radius 2 is 2.04 bits per heavy atom. The molecule has 0 radical (unpaired) electrons. The van der Waals surface area contributed by atoms with Crippen LogP contribution >= 0.6 is 0 Å². The van der Waals surface area contributed by atoms with Gasteiger partial charge in [-0.15, -0.1) is 0 Å². The zero-order valence-corrected chi connectivity index (χ0v) is 15.1. The van der Waals surface area contributed by atoms with Crippen molar-refractivity contribution in [2.24, 2.45) is 5.92 Å². The molecular formula is C21H23N3O3. The predicted molar refractivity (Wildman–Crippen MR) is 102 cm³/mol. The average Bonchev–Trinajstić information content (AvgIpc) is 3.08. The van der Waals surface area contributed by atoms with E-state index in [1.807, 2.05) is 47.0 Å². The second kappa shape index (κ2) is 7.80. The second-order valence-electron chi connectivity index (χ2n) is 6.87. The quantitative estimate of drug-likeness (QED) is 0.703. The standard InChI is InChI=1S/C21H23N3O3/c25-13-20-23-17-6-2-3-7-18(17)24(20)10-9-21(26)22-12-15-11-16-5-1-4-8-19(16)27-14-15/h1-8,15,25H,9-14H2,(H,22,26)/t15-/m0/s1. The van der Waals surface area contributed by atoms with Crippen LogP contribution in [0, 0.1) is 5.92 Å². The first kappa shape index (κ1) is 17.5. The van der Waals surface area contributed by atoms with Crippen molar-refractivity contribution in [2.45, 2.75) is 26.0 Å². The predicted octanol–water partition coefficient (Wildman–Crippen LogP) is 2.29. The highest BCUT2D eigenvalue weighted by Gasteiger charge is 2.20. The molecule has 0 bridgehead atoms. The van der Waals surface area contributed by atoms with Gasteiger partial charge in [-0.2, -0.15) is 0 Å². The number of ether oxygens (including phenoxy) is 1. The van der Waals surface area contributed by atoms with Crippen molar-refractivity contribution in [1.29, 1.82) is 0 Å². The molecule has 0 fully saturated rings. The van der Waals surface area contributed by atoms with E-state index >= 15 is 0 Å². The SMILES string of the molecule is O=C(CCn1c(CO)nc2ccccc21)NC[C@H]1COc2ccccc2C1. The Morgan fingerprint density at radius 1 is 1.22 bits per heavy atom. The van der Waals surface area contributed by atoms with Crippen LogP contribution in [0.2, 0.25) is 0 Å². The lowest BCUT2D eigenvalue weighted by molar-refractivity contribution is -0.121. The minimum absolute atomic E-state index is 0.00414. The van der Waals surface area contributed by atoms with Crippen molar-refractivity contribution in [3.05, 3.63) is 59.9 Å². The fourth-order valence-corrected chi connectivity index (χ4v) is 3.58. The van der Waals surface area contributed by atoms with Gasteiger partial charge in [0, 0.05) is 25.4 Å². The molecular weight excluding hydrogens is 342 g/mol. The van der Waals surface area contributed by atoms with Gasteiger partial charge in [0.15, 0.2) is 0 Å². The fraction of sp³-hybridized carbons (Fsp3) is 0.333. The molecule has 0 saturated carbocycles. The number of benzene rings is 2. The van der Waals surface area contributed by atoms with Crippen molar-refractivity contribution in [1.82, 2.24) is 14.9 Å². The van der Waals surface area contributed by atoms with Crippen molar-refractivity contribution in [3.63, 3.8) is 0 Å². The minimum atomic E-state index is -0.144. The van der Waals surface area contributed by atoms with E-state index in [4.69, 9.17) is 4.74 Å². The molecule has 4 rings (SSSR count). The molecule has 0 saturated heterocycles. The van der Waals surface area contributed by atoms with E-state index in [1.54, 1.807) is 0 Å². The lowest BCUT2D eigenvalue weighted by atomic mass is 9.97. The molecule has 3 aromatic rings. The summed E-state index contributed by atoms with van der Waals surface area (Å²) >= 11 is 0. The Kier molecular flexibility index (Phi) is 5.07. The van der Waals surface area contributed by atoms with E-state index in [0.717, 1.165) is 23.2 Å². The largest absolute Gasteiger partial charge is 0.493 e. The fourth-order valence-electron chi connectivity index (χ4n) is 3.58. The number of hydrogen-bond acceptors (Lipinski definition) is 4. The monoisotopic (exact) mass is 365 g/mol. The summed E-state index contributed by atoms with van der Waals surface area (Å²) in [5.74, 6) is 1.81. The maximum absolute atomic E-state index is 12.3. The van der Waals surface area contributed by atoms with Crippen LogP contribution in [-0.2, 0) is 24.4 Å². The van der Waals surface area contributed by atoms with Gasteiger partial charge in [-0.1, -0.05) is 30.3 Å². The van der Waals surface area contributed by atoms with Crippen molar-refractivity contribution in [3.8, 4) is 5.75 Å². The maximum atomic E-state index is 12.3. The first-order valence-electron chi connectivity index (χ1n) is 9.27. The van der Waals surface area contributed by atoms with Crippen LogP contribution in [0.25, 0.3) is 11.0 Å². The number of carbonyl (C=O) groups excluding carboxylic acids is 1. The molecule has 2 N–H and O–H groups in total. The molecule has 1 aromatic heterocycles. The van der Waals surface area contributed by atoms with Crippen LogP contribution in [0.5, 0.6) is 5.75 Å². The number of aryl methyl sites for hydroxylation is 1. The molecule has 1 aliphatic rings. The average molecular weight is 365 g/mol. The van der Waals surface area contributed by atoms with Gasteiger partial charge < -0.3 is 19.7 Å². The molecule has 6 nitrogen and oxygen atoms in total. The molecule has 0 unspecified atom stereocenters. The van der Waals surface area contributed by atoms with Gasteiger partial charge in [0.1, 0.15) is 18.2 Å². The van der Waals surface area contributed by atoms with E-state index < -0.39 is 0 Å². The number of amides is 1. The molecule has 1 aliphatic heterocycles. The van der Waals surface area contributed by atoms with Crippen LogP contribution in [0.1, 0.15) is 17.8 Å². The topological polar surface area (TPSA) is 76.4 Å². The number of hydrogen-bond donors (Lipinski definition) is 2. The molecule has 1 atom stereocenters. The number of aromatic nitrogens is 2. The number of nitrogens with one attached hydrogen (secondary N) is 1. The molecule has 0 spiro atoms. The van der Waals surface area contributed by atoms with E-state index in [9.17, 15) is 9.90 Å². The first-order valence-corrected chi connectivity index (χ1v) is 9.27. The highest BCUT2D eigenvalue weighted by atomic mass is 16.5. The number of imidazole rings is 1. The van der Waals surface area contributed by atoms with Crippen molar-refractivity contribution >= 4 is 16.9 Å². The van der Waals surface area contributed by atoms with Crippen molar-refractivity contribution in [2.75, 3.05) is 13.2 Å². The lowest BCUT2D eigenvalue weighted by Crippen LogP contribution is -2.35. The molecule has 0 aliphatic carbocycles. The molecule has 2 aromatic carbocycles. The number of aliphatic hydroxyl groups excluding tert-OH is 1. The van der Waals surface area contributed by atoms with Gasteiger partial charge in [0.2, 0.25) is 5.91 Å². The number of fused-ring (bicyclic) bond motifs is 2.